The molecule has 0 spiro atoms. The van der Waals surface area contributed by atoms with Gasteiger partial charge in [-0.2, -0.15) is 0 Å². The van der Waals surface area contributed by atoms with E-state index in [1.807, 2.05) is 12.1 Å². The third kappa shape index (κ3) is 4.48. The largest absolute Gasteiger partial charge is 0.493 e. The second kappa shape index (κ2) is 6.35. The highest BCUT2D eigenvalue weighted by atomic mass is 32.1. The first-order valence-electron chi connectivity index (χ1n) is 6.63. The topological polar surface area (TPSA) is 44.5 Å². The third-order valence-electron chi connectivity index (χ3n) is 3.57. The Morgan fingerprint density at radius 1 is 1.32 bits per heavy atom. The molecule has 0 saturated heterocycles. The zero-order chi connectivity index (χ0) is 13.7. The number of benzene rings is 1. The normalized spacial score (nSPS) is 16.1. The summed E-state index contributed by atoms with van der Waals surface area (Å²) in [5, 5.41) is 0. The molecule has 0 aliphatic heterocycles. The quantitative estimate of drug-likeness (QED) is 0.743. The fourth-order valence-electron chi connectivity index (χ4n) is 2.13. The average Bonchev–Trinajstić information content (AvgIpc) is 3.14. The molecule has 1 saturated carbocycles. The summed E-state index contributed by atoms with van der Waals surface area (Å²) >= 11 is 4.98. The summed E-state index contributed by atoms with van der Waals surface area (Å²) in [6, 6.07) is 8.20. The zero-order valence-electron chi connectivity index (χ0n) is 11.4. The Labute approximate surface area is 120 Å². The standard InChI is InChI=1S/C15H21NO2S/c1-17-9-6-12-2-4-13(5-3-12)18-11-15(7-8-15)10-14(16)19/h2-5H,6-11H2,1H3,(H2,16,19). The third-order valence-corrected chi connectivity index (χ3v) is 3.71. The van der Waals surface area contributed by atoms with Crippen LogP contribution in [-0.4, -0.2) is 25.3 Å². The molecule has 104 valence electrons. The van der Waals surface area contributed by atoms with E-state index < -0.39 is 0 Å². The molecule has 1 aliphatic carbocycles. The van der Waals surface area contributed by atoms with Crippen molar-refractivity contribution in [2.75, 3.05) is 20.3 Å². The van der Waals surface area contributed by atoms with Gasteiger partial charge in [-0.25, -0.2) is 0 Å². The van der Waals surface area contributed by atoms with Gasteiger partial charge in [0.05, 0.1) is 18.2 Å². The van der Waals surface area contributed by atoms with Gasteiger partial charge in [0, 0.05) is 18.9 Å². The van der Waals surface area contributed by atoms with Gasteiger partial charge < -0.3 is 15.2 Å². The van der Waals surface area contributed by atoms with Crippen molar-refractivity contribution in [2.45, 2.75) is 25.7 Å². The van der Waals surface area contributed by atoms with E-state index in [1.165, 1.54) is 5.56 Å². The molecule has 1 aliphatic rings. The summed E-state index contributed by atoms with van der Waals surface area (Å²) in [5.41, 5.74) is 7.09. The van der Waals surface area contributed by atoms with Crippen LogP contribution in [0.3, 0.4) is 0 Å². The lowest BCUT2D eigenvalue weighted by Crippen LogP contribution is -2.20. The lowest BCUT2D eigenvalue weighted by molar-refractivity contribution is 0.202. The Balaban J connectivity index is 1.81. The number of nitrogens with two attached hydrogens (primary N) is 1. The molecule has 1 fully saturated rings. The molecule has 0 heterocycles. The van der Waals surface area contributed by atoms with E-state index in [4.69, 9.17) is 27.4 Å². The SMILES string of the molecule is COCCc1ccc(OCC2(CC(N)=S)CC2)cc1. The molecule has 1 aromatic carbocycles. The molecule has 3 nitrogen and oxygen atoms in total. The smallest absolute Gasteiger partial charge is 0.119 e. The minimum Gasteiger partial charge on any atom is -0.493 e. The van der Waals surface area contributed by atoms with E-state index in [2.05, 4.69) is 12.1 Å². The van der Waals surface area contributed by atoms with E-state index in [0.717, 1.165) is 38.0 Å². The Bertz CT molecular complexity index is 426. The van der Waals surface area contributed by atoms with E-state index >= 15 is 0 Å². The number of hydrogen-bond acceptors (Lipinski definition) is 3. The maximum Gasteiger partial charge on any atom is 0.119 e. The van der Waals surface area contributed by atoms with E-state index in [0.29, 0.717) is 11.6 Å². The monoisotopic (exact) mass is 279 g/mol. The number of rotatable bonds is 8. The van der Waals surface area contributed by atoms with Crippen molar-refractivity contribution in [1.82, 2.24) is 0 Å². The summed E-state index contributed by atoms with van der Waals surface area (Å²) < 4.78 is 10.9. The van der Waals surface area contributed by atoms with Gasteiger partial charge in [0.2, 0.25) is 0 Å². The van der Waals surface area contributed by atoms with Gasteiger partial charge in [0.1, 0.15) is 5.75 Å². The summed E-state index contributed by atoms with van der Waals surface area (Å²) in [5.74, 6) is 0.912. The lowest BCUT2D eigenvalue weighted by atomic mass is 10.0. The molecule has 1 aromatic rings. The van der Waals surface area contributed by atoms with Gasteiger partial charge >= 0.3 is 0 Å². The summed E-state index contributed by atoms with van der Waals surface area (Å²) in [4.78, 5) is 0.594. The average molecular weight is 279 g/mol. The van der Waals surface area contributed by atoms with Crippen molar-refractivity contribution < 1.29 is 9.47 Å². The van der Waals surface area contributed by atoms with Gasteiger partial charge in [0.15, 0.2) is 0 Å². The van der Waals surface area contributed by atoms with Crippen LogP contribution in [0.2, 0.25) is 0 Å². The summed E-state index contributed by atoms with van der Waals surface area (Å²) in [6.07, 6.45) is 4.06. The first-order valence-corrected chi connectivity index (χ1v) is 7.03. The summed E-state index contributed by atoms with van der Waals surface area (Å²) in [7, 11) is 1.72. The van der Waals surface area contributed by atoms with Crippen molar-refractivity contribution >= 4 is 17.2 Å². The van der Waals surface area contributed by atoms with Crippen molar-refractivity contribution in [3.8, 4) is 5.75 Å². The molecule has 0 aromatic heterocycles. The Morgan fingerprint density at radius 3 is 2.53 bits per heavy atom. The number of ether oxygens (including phenoxy) is 2. The molecule has 0 radical (unpaired) electrons. The van der Waals surface area contributed by atoms with Crippen LogP contribution in [0.4, 0.5) is 0 Å². The van der Waals surface area contributed by atoms with Gasteiger partial charge in [0.25, 0.3) is 0 Å². The molecule has 2 N–H and O–H groups in total. The first-order chi connectivity index (χ1) is 9.13. The number of methoxy groups -OCH3 is 1. The molecular weight excluding hydrogens is 258 g/mol. The van der Waals surface area contributed by atoms with Gasteiger partial charge in [-0.15, -0.1) is 0 Å². The van der Waals surface area contributed by atoms with Gasteiger partial charge in [-0.05, 0) is 37.0 Å². The zero-order valence-corrected chi connectivity index (χ0v) is 12.2. The fourth-order valence-corrected chi connectivity index (χ4v) is 2.43. The van der Waals surface area contributed by atoms with Crippen LogP contribution in [0.1, 0.15) is 24.8 Å². The van der Waals surface area contributed by atoms with Crippen molar-refractivity contribution in [3.63, 3.8) is 0 Å². The maximum atomic E-state index is 5.85. The van der Waals surface area contributed by atoms with Crippen LogP contribution in [0.25, 0.3) is 0 Å². The predicted molar refractivity (Wildman–Crippen MR) is 80.6 cm³/mol. The predicted octanol–water partition coefficient (Wildman–Crippen LogP) is 2.71. The molecular formula is C15H21NO2S. The molecule has 0 unspecified atom stereocenters. The molecule has 19 heavy (non-hydrogen) atoms. The van der Waals surface area contributed by atoms with Gasteiger partial charge in [-0.1, -0.05) is 24.4 Å². The van der Waals surface area contributed by atoms with Crippen molar-refractivity contribution in [1.29, 1.82) is 0 Å². The molecule has 0 amide bonds. The number of thiocarbonyl (C=S) groups is 1. The number of hydrogen-bond donors (Lipinski definition) is 1. The Morgan fingerprint density at radius 2 is 2.00 bits per heavy atom. The summed E-state index contributed by atoms with van der Waals surface area (Å²) in [6.45, 7) is 1.46. The second-order valence-electron chi connectivity index (χ2n) is 5.32. The highest BCUT2D eigenvalue weighted by Gasteiger charge is 2.43. The van der Waals surface area contributed by atoms with Crippen LogP contribution < -0.4 is 10.5 Å². The van der Waals surface area contributed by atoms with Crippen LogP contribution in [0.5, 0.6) is 5.75 Å². The highest BCUT2D eigenvalue weighted by molar-refractivity contribution is 7.80. The minimum absolute atomic E-state index is 0.209. The highest BCUT2D eigenvalue weighted by Crippen LogP contribution is 2.49. The second-order valence-corrected chi connectivity index (χ2v) is 5.84. The van der Waals surface area contributed by atoms with Crippen molar-refractivity contribution in [3.05, 3.63) is 29.8 Å². The Hall–Kier alpha value is -1.13. The van der Waals surface area contributed by atoms with Crippen LogP contribution in [0.15, 0.2) is 24.3 Å². The van der Waals surface area contributed by atoms with Crippen LogP contribution in [0, 0.1) is 5.41 Å². The van der Waals surface area contributed by atoms with Crippen molar-refractivity contribution in [2.24, 2.45) is 11.1 Å². The fraction of sp³-hybridized carbons (Fsp3) is 0.533. The van der Waals surface area contributed by atoms with Crippen LogP contribution >= 0.6 is 12.2 Å². The Kier molecular flexibility index (Phi) is 4.77. The maximum absolute atomic E-state index is 5.85. The first kappa shape index (κ1) is 14.3. The lowest BCUT2D eigenvalue weighted by Gasteiger charge is -2.15. The van der Waals surface area contributed by atoms with Gasteiger partial charge in [-0.3, -0.25) is 0 Å². The van der Waals surface area contributed by atoms with E-state index in [-0.39, 0.29) is 5.41 Å². The molecule has 2 rings (SSSR count). The minimum atomic E-state index is 0.209. The molecule has 0 bridgehead atoms. The van der Waals surface area contributed by atoms with E-state index in [9.17, 15) is 0 Å². The van der Waals surface area contributed by atoms with Crippen LogP contribution in [-0.2, 0) is 11.2 Å². The van der Waals surface area contributed by atoms with E-state index in [1.54, 1.807) is 7.11 Å². The molecule has 0 atom stereocenters. The molecule has 4 heteroatoms.